The molecule has 0 amide bonds. The van der Waals surface area contributed by atoms with Crippen molar-refractivity contribution in [1.82, 2.24) is 30.3 Å². The Kier molecular flexibility index (Phi) is 16.7. The molecule has 9 heteroatoms. The smallest absolute Gasteiger partial charge is 0.191 e. The molecule has 176 valence electrons. The summed E-state index contributed by atoms with van der Waals surface area (Å²) in [5, 5.41) is 16.7. The zero-order valence-corrected chi connectivity index (χ0v) is 23.2. The molecule has 1 aromatic rings. The molecule has 1 aromatic heterocycles. The van der Waals surface area contributed by atoms with E-state index in [1.165, 1.54) is 13.0 Å². The third-order valence-electron chi connectivity index (χ3n) is 5.01. The van der Waals surface area contributed by atoms with E-state index in [2.05, 4.69) is 76.2 Å². The Morgan fingerprint density at radius 2 is 1.87 bits per heavy atom. The number of aliphatic imine (C=N–C) groups is 1. The van der Waals surface area contributed by atoms with Gasteiger partial charge >= 0.3 is 0 Å². The van der Waals surface area contributed by atoms with Crippen LogP contribution in [0.4, 0.5) is 0 Å². The van der Waals surface area contributed by atoms with E-state index in [9.17, 15) is 0 Å². The van der Waals surface area contributed by atoms with Crippen LogP contribution in [-0.2, 0) is 13.0 Å². The van der Waals surface area contributed by atoms with Crippen LogP contribution in [0.2, 0.25) is 0 Å². The third kappa shape index (κ3) is 11.2. The minimum Gasteiger partial charge on any atom is -0.356 e. The summed E-state index contributed by atoms with van der Waals surface area (Å²) in [5.41, 5.74) is 0. The largest absolute Gasteiger partial charge is 0.356 e. The summed E-state index contributed by atoms with van der Waals surface area (Å²) in [4.78, 5) is 6.84. The Morgan fingerprint density at radius 1 is 1.17 bits per heavy atom. The Bertz CT molecular complexity index is 588. The number of hydrogen-bond acceptors (Lipinski definition) is 5. The molecule has 0 radical (unpaired) electrons. The molecule has 0 fully saturated rings. The first-order chi connectivity index (χ1) is 13.9. The molecule has 0 saturated carbocycles. The molecule has 0 aliphatic rings. The van der Waals surface area contributed by atoms with E-state index in [0.29, 0.717) is 12.0 Å². The van der Waals surface area contributed by atoms with Crippen molar-refractivity contribution in [3.63, 3.8) is 0 Å². The monoisotopic (exact) mass is 553 g/mol. The van der Waals surface area contributed by atoms with Gasteiger partial charge in [0, 0.05) is 32.6 Å². The van der Waals surface area contributed by atoms with Crippen molar-refractivity contribution in [1.29, 1.82) is 0 Å². The molecule has 2 N–H and O–H groups in total. The fourth-order valence-electron chi connectivity index (χ4n) is 3.32. The molecule has 0 aromatic carbocycles. The second-order valence-electron chi connectivity index (χ2n) is 7.92. The Hall–Kier alpha value is -0.550. The van der Waals surface area contributed by atoms with Crippen LogP contribution < -0.4 is 10.6 Å². The van der Waals surface area contributed by atoms with Gasteiger partial charge in [-0.2, -0.15) is 0 Å². The quantitative estimate of drug-likeness (QED) is 0.120. The average Bonchev–Trinajstić information content (AvgIpc) is 3.08. The molecule has 0 aliphatic carbocycles. The summed E-state index contributed by atoms with van der Waals surface area (Å²) in [5.74, 6) is 2.55. The standard InChI is InChI=1S/C21H43N7S.HI/c1-8-27(9-2)15-11-12-18(5)24-20(22-6)23-14-10-13-19-25-26-21(29-7)28(19)16-17(3)4;/h17-18H,8-16H2,1-7H3,(H2,22,23,24);1H. The van der Waals surface area contributed by atoms with Crippen molar-refractivity contribution >= 4 is 41.7 Å². The Labute approximate surface area is 205 Å². The van der Waals surface area contributed by atoms with Crippen LogP contribution in [0.1, 0.15) is 59.7 Å². The van der Waals surface area contributed by atoms with Crippen molar-refractivity contribution in [3.05, 3.63) is 5.82 Å². The topological polar surface area (TPSA) is 70.4 Å². The lowest BCUT2D eigenvalue weighted by Crippen LogP contribution is -2.42. The van der Waals surface area contributed by atoms with Crippen LogP contribution in [0.25, 0.3) is 0 Å². The number of nitrogens with one attached hydrogen (secondary N) is 2. The highest BCUT2D eigenvalue weighted by Gasteiger charge is 2.12. The van der Waals surface area contributed by atoms with E-state index in [1.54, 1.807) is 11.8 Å². The van der Waals surface area contributed by atoms with E-state index in [4.69, 9.17) is 0 Å². The highest BCUT2D eigenvalue weighted by molar-refractivity contribution is 14.0. The lowest BCUT2D eigenvalue weighted by Gasteiger charge is -2.21. The summed E-state index contributed by atoms with van der Waals surface area (Å²) in [6.45, 7) is 16.4. The fraction of sp³-hybridized carbons (Fsp3) is 0.857. The molecule has 1 atom stereocenters. The molecule has 30 heavy (non-hydrogen) atoms. The molecule has 1 heterocycles. The van der Waals surface area contributed by atoms with Gasteiger partial charge in [-0.1, -0.05) is 39.5 Å². The van der Waals surface area contributed by atoms with E-state index < -0.39 is 0 Å². The number of thioether (sulfide) groups is 1. The second kappa shape index (κ2) is 17.1. The van der Waals surface area contributed by atoms with Gasteiger partial charge in [-0.25, -0.2) is 0 Å². The second-order valence-corrected chi connectivity index (χ2v) is 8.70. The number of aryl methyl sites for hydroxylation is 1. The minimum absolute atomic E-state index is 0. The van der Waals surface area contributed by atoms with Crippen LogP contribution in [0, 0.1) is 5.92 Å². The van der Waals surface area contributed by atoms with Gasteiger partial charge in [0.05, 0.1) is 0 Å². The first-order valence-electron chi connectivity index (χ1n) is 11.1. The SMILES string of the molecule is CCN(CC)CCCC(C)NC(=NC)NCCCc1nnc(SC)n1CC(C)C.I. The Morgan fingerprint density at radius 3 is 2.43 bits per heavy atom. The molecule has 7 nitrogen and oxygen atoms in total. The van der Waals surface area contributed by atoms with Crippen LogP contribution >= 0.6 is 35.7 Å². The van der Waals surface area contributed by atoms with Crippen molar-refractivity contribution in [2.45, 2.75) is 78.0 Å². The van der Waals surface area contributed by atoms with Crippen molar-refractivity contribution in [2.75, 3.05) is 39.5 Å². The summed E-state index contributed by atoms with van der Waals surface area (Å²) in [7, 11) is 1.84. The predicted molar refractivity (Wildman–Crippen MR) is 141 cm³/mol. The zero-order valence-electron chi connectivity index (χ0n) is 20.1. The number of hydrogen-bond donors (Lipinski definition) is 2. The van der Waals surface area contributed by atoms with E-state index >= 15 is 0 Å². The average molecular weight is 554 g/mol. The van der Waals surface area contributed by atoms with Gasteiger partial charge in [0.1, 0.15) is 5.82 Å². The first-order valence-corrected chi connectivity index (χ1v) is 12.3. The lowest BCUT2D eigenvalue weighted by atomic mass is 10.2. The van der Waals surface area contributed by atoms with E-state index in [0.717, 1.165) is 62.4 Å². The third-order valence-corrected chi connectivity index (χ3v) is 5.67. The number of guanidine groups is 1. The van der Waals surface area contributed by atoms with Gasteiger partial charge in [-0.05, 0) is 58.0 Å². The maximum Gasteiger partial charge on any atom is 0.191 e. The first kappa shape index (κ1) is 29.5. The molecular formula is C21H44IN7S. The minimum atomic E-state index is 0. The van der Waals surface area contributed by atoms with E-state index in [-0.39, 0.29) is 24.0 Å². The number of halogens is 1. The van der Waals surface area contributed by atoms with Gasteiger partial charge < -0.3 is 20.1 Å². The Balaban J connectivity index is 0.00000841. The summed E-state index contributed by atoms with van der Waals surface area (Å²) in [6.07, 6.45) is 6.33. The van der Waals surface area contributed by atoms with Gasteiger partial charge in [-0.3, -0.25) is 4.99 Å². The van der Waals surface area contributed by atoms with E-state index in [1.807, 2.05) is 7.05 Å². The molecule has 1 unspecified atom stereocenters. The van der Waals surface area contributed by atoms with Crippen molar-refractivity contribution in [2.24, 2.45) is 10.9 Å². The summed E-state index contributed by atoms with van der Waals surface area (Å²) < 4.78 is 2.26. The maximum absolute atomic E-state index is 4.40. The van der Waals surface area contributed by atoms with Crippen LogP contribution in [-0.4, -0.2) is 71.1 Å². The molecular weight excluding hydrogens is 509 g/mol. The maximum atomic E-state index is 4.40. The zero-order chi connectivity index (χ0) is 21.6. The molecule has 0 saturated heterocycles. The summed E-state index contributed by atoms with van der Waals surface area (Å²) in [6, 6.07) is 0.412. The normalized spacial score (nSPS) is 12.9. The van der Waals surface area contributed by atoms with Gasteiger partial charge in [0.2, 0.25) is 0 Å². The van der Waals surface area contributed by atoms with Gasteiger partial charge in [0.15, 0.2) is 11.1 Å². The molecule has 1 rings (SSSR count). The fourth-order valence-corrected chi connectivity index (χ4v) is 3.84. The number of aromatic nitrogens is 3. The van der Waals surface area contributed by atoms with Crippen molar-refractivity contribution < 1.29 is 0 Å². The summed E-state index contributed by atoms with van der Waals surface area (Å²) >= 11 is 1.67. The van der Waals surface area contributed by atoms with Crippen LogP contribution in [0.15, 0.2) is 10.1 Å². The molecule has 0 bridgehead atoms. The molecule has 0 spiro atoms. The van der Waals surface area contributed by atoms with Gasteiger partial charge in [-0.15, -0.1) is 34.2 Å². The number of rotatable bonds is 14. The van der Waals surface area contributed by atoms with Crippen LogP contribution in [0.3, 0.4) is 0 Å². The lowest BCUT2D eigenvalue weighted by molar-refractivity contribution is 0.292. The number of nitrogens with zero attached hydrogens (tertiary/aromatic N) is 5. The predicted octanol–water partition coefficient (Wildman–Crippen LogP) is 3.88. The molecule has 0 aliphatic heterocycles. The highest BCUT2D eigenvalue weighted by Crippen LogP contribution is 2.16. The van der Waals surface area contributed by atoms with Crippen molar-refractivity contribution in [3.8, 4) is 0 Å². The van der Waals surface area contributed by atoms with Crippen LogP contribution in [0.5, 0.6) is 0 Å². The van der Waals surface area contributed by atoms with Gasteiger partial charge in [0.25, 0.3) is 0 Å². The highest BCUT2D eigenvalue weighted by atomic mass is 127.